The summed E-state index contributed by atoms with van der Waals surface area (Å²) in [5.41, 5.74) is 9.31. The average Bonchev–Trinajstić information content (AvgIpc) is 2.66. The number of nitrogens with two attached hydrogens (primary N) is 1. The third kappa shape index (κ3) is 2.24. The molecule has 0 bridgehead atoms. The zero-order valence-corrected chi connectivity index (χ0v) is 10.4. The summed E-state index contributed by atoms with van der Waals surface area (Å²) in [6.45, 7) is 2.38. The molecule has 0 saturated heterocycles. The van der Waals surface area contributed by atoms with Gasteiger partial charge in [0.05, 0.1) is 0 Å². The normalized spacial score (nSPS) is 29.9. The second-order valence-corrected chi connectivity index (χ2v) is 5.47. The molecule has 2 heteroatoms. The van der Waals surface area contributed by atoms with Crippen molar-refractivity contribution in [1.82, 2.24) is 4.90 Å². The maximum Gasteiger partial charge on any atom is 0.0247 e. The van der Waals surface area contributed by atoms with E-state index in [4.69, 9.17) is 5.73 Å². The van der Waals surface area contributed by atoms with Gasteiger partial charge < -0.3 is 5.73 Å². The summed E-state index contributed by atoms with van der Waals surface area (Å²) < 4.78 is 0. The Hall–Kier alpha value is -0.860. The van der Waals surface area contributed by atoms with Gasteiger partial charge in [0.1, 0.15) is 0 Å². The molecule has 1 aromatic carbocycles. The smallest absolute Gasteiger partial charge is 0.0247 e. The molecule has 0 spiro atoms. The molecule has 1 saturated carbocycles. The second kappa shape index (κ2) is 4.79. The van der Waals surface area contributed by atoms with Gasteiger partial charge in [0.15, 0.2) is 0 Å². The Kier molecular flexibility index (Phi) is 3.17. The maximum absolute atomic E-state index is 6.22. The van der Waals surface area contributed by atoms with Crippen molar-refractivity contribution in [3.05, 3.63) is 35.4 Å². The molecule has 92 valence electrons. The Morgan fingerprint density at radius 3 is 2.18 bits per heavy atom. The third-order valence-electron chi connectivity index (χ3n) is 4.46. The molecule has 2 aliphatic rings. The van der Waals surface area contributed by atoms with Crippen molar-refractivity contribution in [3.8, 4) is 0 Å². The summed E-state index contributed by atoms with van der Waals surface area (Å²) in [4.78, 5) is 2.64. The lowest BCUT2D eigenvalue weighted by Crippen LogP contribution is -2.45. The van der Waals surface area contributed by atoms with Gasteiger partial charge in [0.25, 0.3) is 0 Å². The Balaban J connectivity index is 1.72. The minimum absolute atomic E-state index is 0.413. The van der Waals surface area contributed by atoms with E-state index >= 15 is 0 Å². The molecule has 17 heavy (non-hydrogen) atoms. The molecule has 1 aromatic rings. The fourth-order valence-electron chi connectivity index (χ4n) is 3.44. The van der Waals surface area contributed by atoms with Crippen LogP contribution in [0, 0.1) is 0 Å². The summed E-state index contributed by atoms with van der Waals surface area (Å²) in [5, 5.41) is 0. The van der Waals surface area contributed by atoms with Crippen LogP contribution in [-0.2, 0) is 12.8 Å². The molecule has 1 aliphatic heterocycles. The Bertz CT molecular complexity index is 361. The van der Waals surface area contributed by atoms with Gasteiger partial charge in [-0.15, -0.1) is 0 Å². The van der Waals surface area contributed by atoms with Gasteiger partial charge in [0.2, 0.25) is 0 Å². The van der Waals surface area contributed by atoms with Crippen LogP contribution in [-0.4, -0.2) is 30.1 Å². The number of fused-ring (bicyclic) bond motifs is 1. The van der Waals surface area contributed by atoms with Gasteiger partial charge in [-0.05, 0) is 36.8 Å². The Morgan fingerprint density at radius 1 is 1.00 bits per heavy atom. The quantitative estimate of drug-likeness (QED) is 0.799. The number of nitrogens with zero attached hydrogens (tertiary/aromatic N) is 1. The third-order valence-corrected chi connectivity index (χ3v) is 4.46. The summed E-state index contributed by atoms with van der Waals surface area (Å²) in [5.74, 6) is 0. The molecule has 2 atom stereocenters. The predicted molar refractivity (Wildman–Crippen MR) is 71.0 cm³/mol. The van der Waals surface area contributed by atoms with Crippen LogP contribution in [0.5, 0.6) is 0 Å². The number of rotatable bonds is 1. The van der Waals surface area contributed by atoms with E-state index in [0.29, 0.717) is 12.1 Å². The van der Waals surface area contributed by atoms with Gasteiger partial charge in [-0.1, -0.05) is 30.7 Å². The molecule has 0 aromatic heterocycles. The van der Waals surface area contributed by atoms with Gasteiger partial charge in [-0.25, -0.2) is 0 Å². The van der Waals surface area contributed by atoms with Gasteiger partial charge in [0, 0.05) is 25.2 Å². The average molecular weight is 230 g/mol. The first-order valence-electron chi connectivity index (χ1n) is 6.91. The molecule has 1 aliphatic carbocycles. The zero-order valence-electron chi connectivity index (χ0n) is 10.4. The van der Waals surface area contributed by atoms with Crippen LogP contribution in [0.25, 0.3) is 0 Å². The first-order valence-corrected chi connectivity index (χ1v) is 6.91. The fraction of sp³-hybridized carbons (Fsp3) is 0.600. The molecule has 0 radical (unpaired) electrons. The molecular weight excluding hydrogens is 208 g/mol. The highest BCUT2D eigenvalue weighted by Gasteiger charge is 2.30. The first kappa shape index (κ1) is 11.2. The summed E-state index contributed by atoms with van der Waals surface area (Å²) >= 11 is 0. The monoisotopic (exact) mass is 230 g/mol. The molecule has 0 amide bonds. The minimum atomic E-state index is 0.413. The van der Waals surface area contributed by atoms with Gasteiger partial charge >= 0.3 is 0 Å². The standard InChI is InChI=1S/C15H22N2/c16-14-6-3-7-15(14)17-10-8-12-4-1-2-5-13(12)9-11-17/h1-2,4-5,14-15H,3,6-11,16H2. The molecular formula is C15H22N2. The highest BCUT2D eigenvalue weighted by molar-refractivity contribution is 5.28. The van der Waals surface area contributed by atoms with Crippen LogP contribution in [0.2, 0.25) is 0 Å². The van der Waals surface area contributed by atoms with E-state index in [0.717, 1.165) is 0 Å². The van der Waals surface area contributed by atoms with Crippen molar-refractivity contribution in [1.29, 1.82) is 0 Å². The topological polar surface area (TPSA) is 29.3 Å². The lowest BCUT2D eigenvalue weighted by atomic mass is 10.0. The molecule has 3 rings (SSSR count). The Labute approximate surface area is 104 Å². The van der Waals surface area contributed by atoms with Crippen LogP contribution in [0.4, 0.5) is 0 Å². The number of benzene rings is 1. The van der Waals surface area contributed by atoms with Crippen LogP contribution < -0.4 is 5.73 Å². The lowest BCUT2D eigenvalue weighted by Gasteiger charge is -2.30. The van der Waals surface area contributed by atoms with E-state index in [-0.39, 0.29) is 0 Å². The molecule has 1 fully saturated rings. The maximum atomic E-state index is 6.22. The van der Waals surface area contributed by atoms with Gasteiger partial charge in [-0.2, -0.15) is 0 Å². The van der Waals surface area contributed by atoms with Crippen LogP contribution >= 0.6 is 0 Å². The predicted octanol–water partition coefficient (Wildman–Crippen LogP) is 1.97. The van der Waals surface area contributed by atoms with Crippen molar-refractivity contribution < 1.29 is 0 Å². The first-order chi connectivity index (χ1) is 8.34. The zero-order chi connectivity index (χ0) is 11.7. The number of hydrogen-bond donors (Lipinski definition) is 1. The largest absolute Gasteiger partial charge is 0.326 e. The van der Waals surface area contributed by atoms with E-state index in [1.807, 2.05) is 0 Å². The van der Waals surface area contributed by atoms with Crippen LogP contribution in [0.1, 0.15) is 30.4 Å². The summed E-state index contributed by atoms with van der Waals surface area (Å²) in [6, 6.07) is 9.95. The van der Waals surface area contributed by atoms with E-state index in [2.05, 4.69) is 29.2 Å². The highest BCUT2D eigenvalue weighted by atomic mass is 15.2. The van der Waals surface area contributed by atoms with E-state index in [1.54, 1.807) is 11.1 Å². The lowest BCUT2D eigenvalue weighted by molar-refractivity contribution is 0.193. The van der Waals surface area contributed by atoms with E-state index in [1.165, 1.54) is 45.2 Å². The minimum Gasteiger partial charge on any atom is -0.326 e. The van der Waals surface area contributed by atoms with Crippen molar-refractivity contribution in [2.45, 2.75) is 44.2 Å². The van der Waals surface area contributed by atoms with Crippen molar-refractivity contribution in [3.63, 3.8) is 0 Å². The van der Waals surface area contributed by atoms with Crippen molar-refractivity contribution >= 4 is 0 Å². The molecule has 2 N–H and O–H groups in total. The Morgan fingerprint density at radius 2 is 1.65 bits per heavy atom. The van der Waals surface area contributed by atoms with Crippen molar-refractivity contribution in [2.75, 3.05) is 13.1 Å². The molecule has 1 heterocycles. The van der Waals surface area contributed by atoms with E-state index < -0.39 is 0 Å². The highest BCUT2D eigenvalue weighted by Crippen LogP contribution is 2.25. The van der Waals surface area contributed by atoms with Crippen LogP contribution in [0.15, 0.2) is 24.3 Å². The van der Waals surface area contributed by atoms with Crippen LogP contribution in [0.3, 0.4) is 0 Å². The summed E-state index contributed by atoms with van der Waals surface area (Å²) in [7, 11) is 0. The second-order valence-electron chi connectivity index (χ2n) is 5.47. The SMILES string of the molecule is NC1CCCC1N1CCc2ccccc2CC1. The molecule has 2 nitrogen and oxygen atoms in total. The van der Waals surface area contributed by atoms with Crippen molar-refractivity contribution in [2.24, 2.45) is 5.73 Å². The van der Waals surface area contributed by atoms with E-state index in [9.17, 15) is 0 Å². The van der Waals surface area contributed by atoms with Gasteiger partial charge in [-0.3, -0.25) is 4.90 Å². The fourth-order valence-corrected chi connectivity index (χ4v) is 3.44. The number of hydrogen-bond acceptors (Lipinski definition) is 2. The molecule has 2 unspecified atom stereocenters. The summed E-state index contributed by atoms with van der Waals surface area (Å²) in [6.07, 6.45) is 6.22.